The van der Waals surface area contributed by atoms with Crippen molar-refractivity contribution in [2.24, 2.45) is 0 Å². The highest BCUT2D eigenvalue weighted by Crippen LogP contribution is 2.36. The average molecular weight is 214 g/mol. The summed E-state index contributed by atoms with van der Waals surface area (Å²) in [5.41, 5.74) is 0.980. The predicted octanol–water partition coefficient (Wildman–Crippen LogP) is 3.50. The first-order chi connectivity index (χ1) is 6.06. The topological polar surface area (TPSA) is 26.3 Å². The molecule has 14 heavy (non-hydrogen) atoms. The summed E-state index contributed by atoms with van der Waals surface area (Å²) in [6.45, 7) is 14.3. The van der Waals surface area contributed by atoms with E-state index in [1.54, 1.807) is 6.08 Å². The second-order valence-electron chi connectivity index (χ2n) is 5.40. The molecule has 3 heteroatoms. The van der Waals surface area contributed by atoms with Crippen LogP contribution in [0.5, 0.6) is 0 Å². The van der Waals surface area contributed by atoms with Gasteiger partial charge in [0.2, 0.25) is 0 Å². The van der Waals surface area contributed by atoms with Crippen LogP contribution in [0.3, 0.4) is 0 Å². The summed E-state index contributed by atoms with van der Waals surface area (Å²) in [6.07, 6.45) is 1.56. The number of carbonyl (C=O) groups is 1. The van der Waals surface area contributed by atoms with E-state index in [1.807, 2.05) is 13.8 Å². The molecule has 0 bridgehead atoms. The first kappa shape index (κ1) is 13.4. The Balaban J connectivity index is 4.54. The minimum absolute atomic E-state index is 0.0815. The molecule has 0 radical (unpaired) electrons. The Morgan fingerprint density at radius 3 is 1.93 bits per heavy atom. The van der Waals surface area contributed by atoms with E-state index in [-0.39, 0.29) is 11.0 Å². The maximum Gasteiger partial charge on any atom is 0.317 e. The Hall–Kier alpha value is -0.573. The van der Waals surface area contributed by atoms with Gasteiger partial charge in [-0.3, -0.25) is 0 Å². The molecule has 0 rings (SSSR count). The van der Waals surface area contributed by atoms with E-state index in [0.717, 1.165) is 5.57 Å². The van der Waals surface area contributed by atoms with Crippen LogP contribution in [0, 0.1) is 0 Å². The third-order valence-corrected chi connectivity index (χ3v) is 6.89. The van der Waals surface area contributed by atoms with Crippen LogP contribution >= 0.6 is 0 Å². The van der Waals surface area contributed by atoms with Crippen LogP contribution in [0.4, 0.5) is 0 Å². The summed E-state index contributed by atoms with van der Waals surface area (Å²) in [7, 11) is -1.93. The van der Waals surface area contributed by atoms with E-state index < -0.39 is 8.32 Å². The van der Waals surface area contributed by atoms with Crippen molar-refractivity contribution in [1.82, 2.24) is 0 Å². The molecule has 82 valence electrons. The van der Waals surface area contributed by atoms with Gasteiger partial charge in [-0.1, -0.05) is 26.3 Å². The van der Waals surface area contributed by atoms with Crippen molar-refractivity contribution in [2.45, 2.75) is 52.8 Å². The second-order valence-corrected chi connectivity index (χ2v) is 10.1. The van der Waals surface area contributed by atoms with Gasteiger partial charge in [-0.25, -0.2) is 4.79 Å². The number of allylic oxidation sites excluding steroid dienone is 1. The predicted molar refractivity (Wildman–Crippen MR) is 62.7 cm³/mol. The smallest absolute Gasteiger partial charge is 0.317 e. The van der Waals surface area contributed by atoms with Gasteiger partial charge in [-0.2, -0.15) is 0 Å². The molecule has 2 nitrogen and oxygen atoms in total. The van der Waals surface area contributed by atoms with E-state index in [0.29, 0.717) is 0 Å². The summed E-state index contributed by atoms with van der Waals surface area (Å²) < 4.78 is 5.54. The van der Waals surface area contributed by atoms with Crippen LogP contribution in [0.25, 0.3) is 0 Å². The Morgan fingerprint density at radius 1 is 1.21 bits per heavy atom. The van der Waals surface area contributed by atoms with Gasteiger partial charge in [0.15, 0.2) is 0 Å². The number of carbonyl (C=O) groups excluding carboxylic acids is 1. The van der Waals surface area contributed by atoms with Crippen LogP contribution in [-0.4, -0.2) is 14.3 Å². The maximum absolute atomic E-state index is 11.5. The van der Waals surface area contributed by atoms with Gasteiger partial charge in [0, 0.05) is 6.08 Å². The minimum Gasteiger partial charge on any atom is -0.516 e. The Labute approximate surface area is 88.5 Å². The Morgan fingerprint density at radius 2 is 1.64 bits per heavy atom. The van der Waals surface area contributed by atoms with Gasteiger partial charge in [0.25, 0.3) is 8.32 Å². The number of hydrogen-bond donors (Lipinski definition) is 0. The molecule has 0 N–H and O–H groups in total. The highest BCUT2D eigenvalue weighted by atomic mass is 28.4. The van der Waals surface area contributed by atoms with E-state index in [4.69, 9.17) is 4.43 Å². The van der Waals surface area contributed by atoms with E-state index >= 15 is 0 Å². The van der Waals surface area contributed by atoms with E-state index in [1.165, 1.54) is 0 Å². The van der Waals surface area contributed by atoms with Gasteiger partial charge in [0.05, 0.1) is 0 Å². The van der Waals surface area contributed by atoms with Gasteiger partial charge >= 0.3 is 5.97 Å². The molecule has 0 fully saturated rings. The SMILES string of the molecule is CC(C)=CC(=O)O[Si](C)(C)C(C)(C)C. The molecular weight excluding hydrogens is 192 g/mol. The second kappa shape index (κ2) is 4.30. The molecule has 0 aromatic carbocycles. The third kappa shape index (κ3) is 4.09. The fourth-order valence-corrected chi connectivity index (χ4v) is 1.54. The van der Waals surface area contributed by atoms with Gasteiger partial charge in [-0.05, 0) is 32.0 Å². The zero-order chi connectivity index (χ0) is 11.6. The largest absolute Gasteiger partial charge is 0.516 e. The van der Waals surface area contributed by atoms with Crippen molar-refractivity contribution < 1.29 is 9.22 Å². The molecule has 0 spiro atoms. The Bertz CT molecular complexity index is 243. The van der Waals surface area contributed by atoms with Gasteiger partial charge in [-0.15, -0.1) is 0 Å². The molecule has 0 saturated heterocycles. The van der Waals surface area contributed by atoms with Crippen molar-refractivity contribution in [3.8, 4) is 0 Å². The van der Waals surface area contributed by atoms with Crippen molar-refractivity contribution in [1.29, 1.82) is 0 Å². The molecule has 0 aliphatic heterocycles. The summed E-state index contributed by atoms with van der Waals surface area (Å²) >= 11 is 0. The molecule has 0 aliphatic rings. The van der Waals surface area contributed by atoms with Crippen LogP contribution in [0.15, 0.2) is 11.6 Å². The summed E-state index contributed by atoms with van der Waals surface area (Å²) in [4.78, 5) is 11.5. The van der Waals surface area contributed by atoms with Crippen molar-refractivity contribution in [3.63, 3.8) is 0 Å². The zero-order valence-electron chi connectivity index (χ0n) is 10.4. The number of rotatable bonds is 2. The average Bonchev–Trinajstić information content (AvgIpc) is 1.79. The molecule has 0 aromatic heterocycles. The lowest BCUT2D eigenvalue weighted by atomic mass is 10.2. The maximum atomic E-state index is 11.5. The lowest BCUT2D eigenvalue weighted by Gasteiger charge is -2.35. The fraction of sp³-hybridized carbons (Fsp3) is 0.727. The minimum atomic E-state index is -1.93. The van der Waals surface area contributed by atoms with Crippen LogP contribution < -0.4 is 0 Å². The van der Waals surface area contributed by atoms with Crippen LogP contribution in [0.2, 0.25) is 18.1 Å². The molecule has 0 saturated carbocycles. The standard InChI is InChI=1S/C11H22O2Si/c1-9(2)8-10(12)13-14(6,7)11(3,4)5/h8H,1-7H3. The lowest BCUT2D eigenvalue weighted by Crippen LogP contribution is -2.42. The monoisotopic (exact) mass is 214 g/mol. The lowest BCUT2D eigenvalue weighted by molar-refractivity contribution is -0.130. The van der Waals surface area contributed by atoms with Gasteiger partial charge in [0.1, 0.15) is 0 Å². The number of hydrogen-bond acceptors (Lipinski definition) is 2. The molecular formula is C11H22O2Si. The zero-order valence-corrected chi connectivity index (χ0v) is 11.4. The third-order valence-electron chi connectivity index (χ3n) is 2.57. The van der Waals surface area contributed by atoms with E-state index in [2.05, 4.69) is 33.9 Å². The van der Waals surface area contributed by atoms with Crippen LogP contribution in [-0.2, 0) is 9.22 Å². The summed E-state index contributed by atoms with van der Waals surface area (Å²) in [5, 5.41) is 0.0815. The van der Waals surface area contributed by atoms with Gasteiger partial charge < -0.3 is 4.43 Å². The fourth-order valence-electron chi connectivity index (χ4n) is 0.670. The van der Waals surface area contributed by atoms with Crippen LogP contribution in [0.1, 0.15) is 34.6 Å². The molecule has 0 unspecified atom stereocenters. The highest BCUT2D eigenvalue weighted by molar-refractivity contribution is 6.75. The first-order valence-electron chi connectivity index (χ1n) is 4.94. The molecule has 0 amide bonds. The highest BCUT2D eigenvalue weighted by Gasteiger charge is 2.39. The molecule has 0 atom stereocenters. The first-order valence-corrected chi connectivity index (χ1v) is 7.85. The molecule has 0 heterocycles. The molecule has 0 aromatic rings. The van der Waals surface area contributed by atoms with Crippen molar-refractivity contribution >= 4 is 14.3 Å². The Kier molecular flexibility index (Phi) is 4.12. The quantitative estimate of drug-likeness (QED) is 0.519. The van der Waals surface area contributed by atoms with Crippen molar-refractivity contribution in [2.75, 3.05) is 0 Å². The normalized spacial score (nSPS) is 12.2. The van der Waals surface area contributed by atoms with E-state index in [9.17, 15) is 4.79 Å². The van der Waals surface area contributed by atoms with Crippen molar-refractivity contribution in [3.05, 3.63) is 11.6 Å². The molecule has 0 aliphatic carbocycles. The summed E-state index contributed by atoms with van der Waals surface area (Å²) in [6, 6.07) is 0. The summed E-state index contributed by atoms with van der Waals surface area (Å²) in [5.74, 6) is -0.198.